The summed E-state index contributed by atoms with van der Waals surface area (Å²) in [7, 11) is 0. The van der Waals surface area contributed by atoms with Crippen LogP contribution in [0.5, 0.6) is 0 Å². The number of hydrogen-bond acceptors (Lipinski definition) is 3. The number of thiophene rings is 1. The van der Waals surface area contributed by atoms with E-state index >= 15 is 0 Å². The van der Waals surface area contributed by atoms with Crippen molar-refractivity contribution in [3.8, 4) is 10.6 Å². The number of hydrogen-bond donors (Lipinski definition) is 0. The van der Waals surface area contributed by atoms with E-state index < -0.39 is 0 Å². The largest absolute Gasteiger partial charge is 0.294 e. The monoisotopic (exact) mass is 335 g/mol. The van der Waals surface area contributed by atoms with Gasteiger partial charge in [0, 0.05) is 11.0 Å². The predicted octanol–water partition coefficient (Wildman–Crippen LogP) is 4.73. The van der Waals surface area contributed by atoms with Crippen molar-refractivity contribution in [2.45, 2.75) is 26.7 Å². The lowest BCUT2D eigenvalue weighted by molar-refractivity contribution is 0.0809. The Labute approximate surface area is 125 Å². The van der Waals surface area contributed by atoms with Crippen molar-refractivity contribution in [1.29, 1.82) is 0 Å². The van der Waals surface area contributed by atoms with Crippen LogP contribution < -0.4 is 0 Å². The van der Waals surface area contributed by atoms with Crippen LogP contribution in [0, 0.1) is 5.41 Å². The van der Waals surface area contributed by atoms with Crippen molar-refractivity contribution < 1.29 is 4.79 Å². The van der Waals surface area contributed by atoms with Crippen LogP contribution in [0.4, 0.5) is 0 Å². The highest BCUT2D eigenvalue weighted by Crippen LogP contribution is 2.36. The molecule has 98 valence electrons. The van der Waals surface area contributed by atoms with Gasteiger partial charge in [0.2, 0.25) is 0 Å². The molecule has 0 N–H and O–H groups in total. The number of Topliss-reactive ketones (excluding diaryl/α,β-unsaturated/α-hetero) is 1. The summed E-state index contributed by atoms with van der Waals surface area (Å²) in [6.45, 7) is 4.03. The van der Waals surface area contributed by atoms with Gasteiger partial charge in [-0.15, -0.1) is 11.3 Å². The smallest absolute Gasteiger partial charge is 0.170 e. The summed E-state index contributed by atoms with van der Waals surface area (Å²) in [5.74, 6) is 0.222. The van der Waals surface area contributed by atoms with Crippen LogP contribution in [0.2, 0.25) is 0 Å². The maximum Gasteiger partial charge on any atom is 0.170 e. The molecular weight excluding hydrogens is 322 g/mol. The standard InChI is InChI=1S/C15H14BrNOS/c1-15(2)8-7-10-9(14(15)18)3-4-11(17-10)12-5-6-13(16)19-12/h3-6H,7-8H2,1-2H3. The average Bonchev–Trinajstić information content (AvgIpc) is 2.81. The summed E-state index contributed by atoms with van der Waals surface area (Å²) in [5, 5.41) is 0. The molecule has 2 nitrogen and oxygen atoms in total. The SMILES string of the molecule is CC1(C)CCc2nc(-c3ccc(Br)s3)ccc2C1=O. The number of fused-ring (bicyclic) bond motifs is 1. The quantitative estimate of drug-likeness (QED) is 0.754. The molecule has 0 saturated carbocycles. The van der Waals surface area contributed by atoms with Gasteiger partial charge < -0.3 is 0 Å². The minimum atomic E-state index is -0.248. The summed E-state index contributed by atoms with van der Waals surface area (Å²) in [5.41, 5.74) is 2.46. The third-order valence-electron chi connectivity index (χ3n) is 3.65. The minimum absolute atomic E-state index is 0.222. The molecule has 0 aliphatic heterocycles. The number of carbonyl (C=O) groups is 1. The molecule has 0 unspecified atom stereocenters. The Balaban J connectivity index is 2.04. The molecule has 3 rings (SSSR count). The van der Waals surface area contributed by atoms with Crippen LogP contribution in [0.15, 0.2) is 28.1 Å². The lowest BCUT2D eigenvalue weighted by Gasteiger charge is -2.29. The number of halogens is 1. The van der Waals surface area contributed by atoms with Crippen LogP contribution in [0.25, 0.3) is 10.6 Å². The van der Waals surface area contributed by atoms with Crippen molar-refractivity contribution in [2.24, 2.45) is 5.41 Å². The lowest BCUT2D eigenvalue weighted by atomic mass is 9.75. The molecule has 0 amide bonds. The Bertz CT molecular complexity index is 660. The first-order valence-corrected chi connectivity index (χ1v) is 7.89. The van der Waals surface area contributed by atoms with Crippen LogP contribution in [-0.2, 0) is 6.42 Å². The summed E-state index contributed by atoms with van der Waals surface area (Å²) >= 11 is 5.13. The Morgan fingerprint density at radius 1 is 1.26 bits per heavy atom. The van der Waals surface area contributed by atoms with Gasteiger partial charge in [-0.25, -0.2) is 0 Å². The molecule has 2 aromatic rings. The highest BCUT2D eigenvalue weighted by molar-refractivity contribution is 9.11. The number of nitrogens with zero attached hydrogens (tertiary/aromatic N) is 1. The van der Waals surface area contributed by atoms with Gasteiger partial charge in [0.05, 0.1) is 20.1 Å². The van der Waals surface area contributed by atoms with Crippen molar-refractivity contribution in [2.75, 3.05) is 0 Å². The number of aromatic nitrogens is 1. The fourth-order valence-electron chi connectivity index (χ4n) is 2.40. The van der Waals surface area contributed by atoms with E-state index in [2.05, 4.69) is 27.0 Å². The topological polar surface area (TPSA) is 30.0 Å². The third-order valence-corrected chi connectivity index (χ3v) is 5.29. The van der Waals surface area contributed by atoms with E-state index in [1.807, 2.05) is 32.0 Å². The second-order valence-electron chi connectivity index (χ2n) is 5.51. The predicted molar refractivity (Wildman–Crippen MR) is 81.7 cm³/mol. The fourth-order valence-corrected chi connectivity index (χ4v) is 3.75. The van der Waals surface area contributed by atoms with Gasteiger partial charge in [0.1, 0.15) is 0 Å². The second kappa shape index (κ2) is 4.53. The molecule has 0 aromatic carbocycles. The zero-order chi connectivity index (χ0) is 13.6. The van der Waals surface area contributed by atoms with Crippen molar-refractivity contribution in [1.82, 2.24) is 4.98 Å². The number of rotatable bonds is 1. The molecule has 0 saturated heterocycles. The van der Waals surface area contributed by atoms with Crippen LogP contribution in [0.3, 0.4) is 0 Å². The van der Waals surface area contributed by atoms with E-state index in [-0.39, 0.29) is 11.2 Å². The molecule has 0 spiro atoms. The van der Waals surface area contributed by atoms with E-state index in [1.165, 1.54) is 0 Å². The molecule has 2 heterocycles. The van der Waals surface area contributed by atoms with Gasteiger partial charge in [-0.05, 0) is 53.0 Å². The molecule has 1 aliphatic carbocycles. The highest BCUT2D eigenvalue weighted by Gasteiger charge is 2.34. The number of aryl methyl sites for hydroxylation is 1. The van der Waals surface area contributed by atoms with Crippen LogP contribution in [-0.4, -0.2) is 10.8 Å². The summed E-state index contributed by atoms with van der Waals surface area (Å²) < 4.78 is 1.10. The zero-order valence-corrected chi connectivity index (χ0v) is 13.3. The molecule has 0 atom stereocenters. The van der Waals surface area contributed by atoms with E-state index in [1.54, 1.807) is 11.3 Å². The van der Waals surface area contributed by atoms with E-state index in [0.717, 1.165) is 38.5 Å². The first-order chi connectivity index (χ1) is 8.97. The molecule has 2 aromatic heterocycles. The first-order valence-electron chi connectivity index (χ1n) is 6.28. The maximum atomic E-state index is 12.3. The van der Waals surface area contributed by atoms with Gasteiger partial charge in [0.15, 0.2) is 5.78 Å². The van der Waals surface area contributed by atoms with Crippen molar-refractivity contribution >= 4 is 33.0 Å². The van der Waals surface area contributed by atoms with Gasteiger partial charge in [-0.1, -0.05) is 13.8 Å². The minimum Gasteiger partial charge on any atom is -0.294 e. The Kier molecular flexibility index (Phi) is 3.10. The molecule has 1 aliphatic rings. The molecule has 4 heteroatoms. The third kappa shape index (κ3) is 2.28. The van der Waals surface area contributed by atoms with E-state index in [9.17, 15) is 4.79 Å². The summed E-state index contributed by atoms with van der Waals surface area (Å²) in [6.07, 6.45) is 1.76. The molecule has 0 fully saturated rings. The molecular formula is C15H14BrNOS. The lowest BCUT2D eigenvalue weighted by Crippen LogP contribution is -2.30. The van der Waals surface area contributed by atoms with Gasteiger partial charge in [-0.3, -0.25) is 9.78 Å². The second-order valence-corrected chi connectivity index (χ2v) is 7.97. The fraction of sp³-hybridized carbons (Fsp3) is 0.333. The highest BCUT2D eigenvalue weighted by atomic mass is 79.9. The van der Waals surface area contributed by atoms with Crippen molar-refractivity contribution in [3.63, 3.8) is 0 Å². The molecule has 0 radical (unpaired) electrons. The number of pyridine rings is 1. The van der Waals surface area contributed by atoms with Crippen LogP contribution in [0.1, 0.15) is 36.3 Å². The Hall–Kier alpha value is -1.00. The number of carbonyl (C=O) groups excluding carboxylic acids is 1. The normalized spacial score (nSPS) is 17.3. The van der Waals surface area contributed by atoms with Gasteiger partial charge in [-0.2, -0.15) is 0 Å². The maximum absolute atomic E-state index is 12.3. The van der Waals surface area contributed by atoms with E-state index in [0.29, 0.717) is 0 Å². The average molecular weight is 336 g/mol. The number of ketones is 1. The van der Waals surface area contributed by atoms with Crippen LogP contribution >= 0.6 is 27.3 Å². The van der Waals surface area contributed by atoms with Crippen molar-refractivity contribution in [3.05, 3.63) is 39.3 Å². The Morgan fingerprint density at radius 2 is 2.05 bits per heavy atom. The van der Waals surface area contributed by atoms with E-state index in [4.69, 9.17) is 0 Å². The summed E-state index contributed by atoms with van der Waals surface area (Å²) in [4.78, 5) is 18.2. The first kappa shape index (κ1) is 13.0. The Morgan fingerprint density at radius 3 is 2.74 bits per heavy atom. The molecule has 0 bridgehead atoms. The van der Waals surface area contributed by atoms with Gasteiger partial charge in [0.25, 0.3) is 0 Å². The molecule has 19 heavy (non-hydrogen) atoms. The van der Waals surface area contributed by atoms with Gasteiger partial charge >= 0.3 is 0 Å². The summed E-state index contributed by atoms with van der Waals surface area (Å²) in [6, 6.07) is 7.97. The zero-order valence-electron chi connectivity index (χ0n) is 10.9.